The zero-order chi connectivity index (χ0) is 14.0. The summed E-state index contributed by atoms with van der Waals surface area (Å²) in [7, 11) is 0. The number of nitrogens with one attached hydrogen (secondary N) is 1. The Morgan fingerprint density at radius 3 is 2.44 bits per heavy atom. The second-order valence-corrected chi connectivity index (χ2v) is 5.39. The molecule has 0 radical (unpaired) electrons. The van der Waals surface area contributed by atoms with Crippen molar-refractivity contribution in [2.75, 3.05) is 5.32 Å². The van der Waals surface area contributed by atoms with Crippen molar-refractivity contribution < 1.29 is 14.0 Å². The van der Waals surface area contributed by atoms with Gasteiger partial charge in [0.15, 0.2) is 0 Å². The summed E-state index contributed by atoms with van der Waals surface area (Å²) < 4.78 is 14.1. The van der Waals surface area contributed by atoms with E-state index in [-0.39, 0.29) is 28.6 Å². The predicted octanol–water partition coefficient (Wildman–Crippen LogP) is 2.43. The smallest absolute Gasteiger partial charge is 0.250 e. The molecule has 1 aromatic carbocycles. The summed E-state index contributed by atoms with van der Waals surface area (Å²) >= 11 is 1.78. The number of hydrogen-bond acceptors (Lipinski definition) is 2. The van der Waals surface area contributed by atoms with Crippen molar-refractivity contribution in [3.63, 3.8) is 0 Å². The van der Waals surface area contributed by atoms with Crippen LogP contribution in [0.2, 0.25) is 0 Å². The van der Waals surface area contributed by atoms with Gasteiger partial charge in [-0.25, -0.2) is 4.39 Å². The monoisotopic (exact) mass is 364 g/mol. The number of carbonyl (C=O) groups is 2. The molecule has 6 heteroatoms. The van der Waals surface area contributed by atoms with Crippen LogP contribution in [0, 0.1) is 22.2 Å². The van der Waals surface area contributed by atoms with Gasteiger partial charge in [0.05, 0.1) is 11.3 Å². The van der Waals surface area contributed by atoms with Gasteiger partial charge < -0.3 is 11.1 Å². The van der Waals surface area contributed by atoms with Crippen molar-refractivity contribution >= 4 is 40.1 Å². The highest BCUT2D eigenvalue weighted by Gasteiger charge is 2.19. The zero-order valence-electron chi connectivity index (χ0n) is 10.3. The van der Waals surface area contributed by atoms with E-state index in [1.165, 1.54) is 13.0 Å². The van der Waals surface area contributed by atoms with Gasteiger partial charge in [0.25, 0.3) is 5.91 Å². The molecule has 4 nitrogen and oxygen atoms in total. The maximum atomic E-state index is 13.8. The molecule has 1 aromatic rings. The summed E-state index contributed by atoms with van der Waals surface area (Å²) in [5, 5.41) is 2.54. The molecule has 0 atom stereocenters. The molecule has 98 valence electrons. The second-order valence-electron chi connectivity index (χ2n) is 4.23. The van der Waals surface area contributed by atoms with Crippen molar-refractivity contribution in [1.82, 2.24) is 0 Å². The summed E-state index contributed by atoms with van der Waals surface area (Å²) in [5.41, 5.74) is 5.72. The van der Waals surface area contributed by atoms with Crippen molar-refractivity contribution in [1.29, 1.82) is 0 Å². The molecule has 0 aliphatic heterocycles. The first-order valence-electron chi connectivity index (χ1n) is 5.35. The van der Waals surface area contributed by atoms with Crippen LogP contribution >= 0.6 is 22.6 Å². The fourth-order valence-corrected chi connectivity index (χ4v) is 2.09. The Morgan fingerprint density at radius 2 is 2.00 bits per heavy atom. The number of halogens is 2. The number of carbonyl (C=O) groups excluding carboxylic acids is 2. The average Bonchev–Trinajstić information content (AvgIpc) is 2.28. The van der Waals surface area contributed by atoms with Crippen LogP contribution in [0.5, 0.6) is 0 Å². The Morgan fingerprint density at radius 1 is 1.44 bits per heavy atom. The van der Waals surface area contributed by atoms with E-state index < -0.39 is 11.7 Å². The van der Waals surface area contributed by atoms with Crippen LogP contribution in [0.1, 0.15) is 29.8 Å². The van der Waals surface area contributed by atoms with Crippen LogP contribution in [0.15, 0.2) is 6.07 Å². The number of primary amides is 1. The highest BCUT2D eigenvalue weighted by molar-refractivity contribution is 14.1. The largest absolute Gasteiger partial charge is 0.366 e. The summed E-state index contributed by atoms with van der Waals surface area (Å²) in [6.07, 6.45) is 0. The van der Waals surface area contributed by atoms with E-state index in [0.29, 0.717) is 3.57 Å². The SMILES string of the molecule is Cc1c(F)c(I)cc(C(N)=O)c1NC(=O)C(C)C. The number of hydrogen-bond donors (Lipinski definition) is 2. The van der Waals surface area contributed by atoms with E-state index >= 15 is 0 Å². The van der Waals surface area contributed by atoms with E-state index in [1.807, 2.05) is 0 Å². The molecule has 0 unspecified atom stereocenters. The van der Waals surface area contributed by atoms with E-state index in [9.17, 15) is 14.0 Å². The molecule has 0 saturated carbocycles. The number of amides is 2. The van der Waals surface area contributed by atoms with E-state index in [4.69, 9.17) is 5.73 Å². The van der Waals surface area contributed by atoms with E-state index in [2.05, 4.69) is 5.32 Å². The molecule has 0 aromatic heterocycles. The third-order valence-electron chi connectivity index (χ3n) is 2.49. The van der Waals surface area contributed by atoms with Gasteiger partial charge in [0.1, 0.15) is 5.82 Å². The van der Waals surface area contributed by atoms with E-state index in [1.54, 1.807) is 36.4 Å². The third-order valence-corrected chi connectivity index (χ3v) is 3.28. The lowest BCUT2D eigenvalue weighted by Crippen LogP contribution is -2.23. The molecule has 0 aliphatic rings. The van der Waals surface area contributed by atoms with Crippen LogP contribution in [0.3, 0.4) is 0 Å². The molecule has 18 heavy (non-hydrogen) atoms. The Kier molecular flexibility index (Phi) is 4.66. The predicted molar refractivity (Wildman–Crippen MR) is 75.8 cm³/mol. The Hall–Kier alpha value is -1.18. The molecule has 1 rings (SSSR count). The molecule has 0 aliphatic carbocycles. The number of benzene rings is 1. The molecule has 3 N–H and O–H groups in total. The summed E-state index contributed by atoms with van der Waals surface area (Å²) in [6.45, 7) is 4.91. The van der Waals surface area contributed by atoms with Gasteiger partial charge in [0.2, 0.25) is 5.91 Å². The second kappa shape index (κ2) is 5.64. The van der Waals surface area contributed by atoms with Crippen molar-refractivity contribution in [2.24, 2.45) is 11.7 Å². The Balaban J connectivity index is 3.36. The van der Waals surface area contributed by atoms with Crippen LogP contribution < -0.4 is 11.1 Å². The Bertz CT molecular complexity index is 515. The minimum Gasteiger partial charge on any atom is -0.366 e. The first-order valence-corrected chi connectivity index (χ1v) is 6.42. The lowest BCUT2D eigenvalue weighted by Gasteiger charge is -2.15. The van der Waals surface area contributed by atoms with Crippen LogP contribution in [0.4, 0.5) is 10.1 Å². The first-order chi connectivity index (χ1) is 8.25. The van der Waals surface area contributed by atoms with Crippen molar-refractivity contribution in [3.8, 4) is 0 Å². The normalized spacial score (nSPS) is 10.6. The van der Waals surface area contributed by atoms with Gasteiger partial charge in [0, 0.05) is 15.1 Å². The van der Waals surface area contributed by atoms with Gasteiger partial charge in [-0.15, -0.1) is 0 Å². The maximum Gasteiger partial charge on any atom is 0.250 e. The topological polar surface area (TPSA) is 72.2 Å². The first kappa shape index (κ1) is 14.9. The van der Waals surface area contributed by atoms with Gasteiger partial charge in [-0.05, 0) is 35.6 Å². The molecule has 2 amide bonds. The molecular formula is C12H14FIN2O2. The minimum absolute atomic E-state index is 0.118. The van der Waals surface area contributed by atoms with Gasteiger partial charge in [-0.3, -0.25) is 9.59 Å². The zero-order valence-corrected chi connectivity index (χ0v) is 12.5. The van der Waals surface area contributed by atoms with Gasteiger partial charge in [-0.1, -0.05) is 13.8 Å². The highest BCUT2D eigenvalue weighted by Crippen LogP contribution is 2.27. The fourth-order valence-electron chi connectivity index (χ4n) is 1.38. The van der Waals surface area contributed by atoms with Gasteiger partial charge >= 0.3 is 0 Å². The number of anilines is 1. The lowest BCUT2D eigenvalue weighted by molar-refractivity contribution is -0.118. The van der Waals surface area contributed by atoms with Crippen LogP contribution in [-0.4, -0.2) is 11.8 Å². The maximum absolute atomic E-state index is 13.8. The van der Waals surface area contributed by atoms with Gasteiger partial charge in [-0.2, -0.15) is 0 Å². The average molecular weight is 364 g/mol. The summed E-state index contributed by atoms with van der Waals surface area (Å²) in [4.78, 5) is 23.0. The fraction of sp³-hybridized carbons (Fsp3) is 0.333. The van der Waals surface area contributed by atoms with E-state index in [0.717, 1.165) is 0 Å². The molecule has 0 saturated heterocycles. The van der Waals surface area contributed by atoms with Crippen LogP contribution in [0.25, 0.3) is 0 Å². The molecule has 0 bridgehead atoms. The Labute approximate surface area is 118 Å². The molecule has 0 heterocycles. The third kappa shape index (κ3) is 2.98. The highest BCUT2D eigenvalue weighted by atomic mass is 127. The minimum atomic E-state index is -0.699. The summed E-state index contributed by atoms with van der Waals surface area (Å²) in [5.74, 6) is -1.72. The lowest BCUT2D eigenvalue weighted by atomic mass is 10.1. The quantitative estimate of drug-likeness (QED) is 0.809. The van der Waals surface area contributed by atoms with Crippen molar-refractivity contribution in [2.45, 2.75) is 20.8 Å². The molecule has 0 fully saturated rings. The molecule has 0 spiro atoms. The standard InChI is InChI=1S/C12H14FIN2O2/c1-5(2)12(18)16-10-6(3)9(13)8(14)4-7(10)11(15)17/h4-5H,1-3H3,(H2,15,17)(H,16,18). The number of nitrogens with two attached hydrogens (primary N) is 1. The van der Waals surface area contributed by atoms with Crippen molar-refractivity contribution in [3.05, 3.63) is 26.6 Å². The summed E-state index contributed by atoms with van der Waals surface area (Å²) in [6, 6.07) is 1.33. The number of rotatable bonds is 3. The molecular weight excluding hydrogens is 350 g/mol. The van der Waals surface area contributed by atoms with Crippen LogP contribution in [-0.2, 0) is 4.79 Å².